The van der Waals surface area contributed by atoms with E-state index >= 15 is 0 Å². The fourth-order valence-corrected chi connectivity index (χ4v) is 1.33. The molecule has 0 heterocycles. The first-order valence-electron chi connectivity index (χ1n) is 4.76. The number of benzene rings is 1. The average Bonchev–Trinajstić information content (AvgIpc) is 2.29. The fraction of sp³-hybridized carbons (Fsp3) is 0.182. The second-order valence-electron chi connectivity index (χ2n) is 3.16. The molecule has 1 rings (SSSR count). The number of carbonyl (C=O) groups is 1. The van der Waals surface area contributed by atoms with Gasteiger partial charge in [-0.1, -0.05) is 18.2 Å². The Morgan fingerprint density at radius 1 is 1.59 bits per heavy atom. The molecule has 0 fully saturated rings. The van der Waals surface area contributed by atoms with Gasteiger partial charge in [-0.3, -0.25) is 10.1 Å². The number of aliphatic carboxylic acids is 1. The van der Waals surface area contributed by atoms with Crippen LogP contribution >= 0.6 is 0 Å². The van der Waals surface area contributed by atoms with Crippen LogP contribution in [0.2, 0.25) is 0 Å². The number of hydrogen-bond donors (Lipinski definition) is 1. The smallest absolute Gasteiger partial charge is 0.337 e. The minimum Gasteiger partial charge on any atom is -0.479 e. The van der Waals surface area contributed by atoms with Crippen molar-refractivity contribution >= 4 is 11.7 Å². The van der Waals surface area contributed by atoms with Gasteiger partial charge in [0.2, 0.25) is 0 Å². The number of para-hydroxylation sites is 1. The summed E-state index contributed by atoms with van der Waals surface area (Å²) in [6.07, 6.45) is 0.0136. The van der Waals surface area contributed by atoms with Crippen molar-refractivity contribution in [2.24, 2.45) is 0 Å². The van der Waals surface area contributed by atoms with E-state index in [1.54, 1.807) is 0 Å². The van der Waals surface area contributed by atoms with Gasteiger partial charge in [-0.2, -0.15) is 0 Å². The highest BCUT2D eigenvalue weighted by molar-refractivity contribution is 5.76. The zero-order valence-electron chi connectivity index (χ0n) is 8.91. The van der Waals surface area contributed by atoms with Gasteiger partial charge >= 0.3 is 5.97 Å². The Hall–Kier alpha value is -2.21. The van der Waals surface area contributed by atoms with Crippen molar-refractivity contribution in [1.82, 2.24) is 0 Å². The van der Waals surface area contributed by atoms with Gasteiger partial charge in [0.25, 0.3) is 5.69 Å². The van der Waals surface area contributed by atoms with E-state index in [-0.39, 0.29) is 17.9 Å². The van der Waals surface area contributed by atoms with Crippen molar-refractivity contribution < 1.29 is 19.6 Å². The summed E-state index contributed by atoms with van der Waals surface area (Å²) < 4.78 is 5.01. The Morgan fingerprint density at radius 2 is 2.24 bits per heavy atom. The SMILES string of the molecule is C=CCOC(C(=O)O)c1ccccc1[N+](=O)[O-]. The van der Waals surface area contributed by atoms with Crippen molar-refractivity contribution in [1.29, 1.82) is 0 Å². The minimum atomic E-state index is -1.37. The van der Waals surface area contributed by atoms with Crippen LogP contribution in [-0.2, 0) is 9.53 Å². The molecule has 0 saturated heterocycles. The molecule has 1 atom stereocenters. The number of carboxylic acid groups (broad SMARTS) is 1. The van der Waals surface area contributed by atoms with Gasteiger partial charge in [-0.15, -0.1) is 6.58 Å². The standard InChI is InChI=1S/C11H11NO5/c1-2-7-17-10(11(13)14)8-5-3-4-6-9(8)12(15)16/h2-6,10H,1,7H2,(H,13,14). The second kappa shape index (κ2) is 5.76. The zero-order chi connectivity index (χ0) is 12.8. The first-order valence-corrected chi connectivity index (χ1v) is 4.76. The van der Waals surface area contributed by atoms with Crippen LogP contribution in [0.4, 0.5) is 5.69 Å². The van der Waals surface area contributed by atoms with Crippen molar-refractivity contribution in [3.05, 3.63) is 52.6 Å². The van der Waals surface area contributed by atoms with Crippen molar-refractivity contribution in [3.63, 3.8) is 0 Å². The fourth-order valence-electron chi connectivity index (χ4n) is 1.33. The first kappa shape index (κ1) is 12.9. The third-order valence-electron chi connectivity index (χ3n) is 2.02. The molecule has 0 aromatic heterocycles. The predicted molar refractivity (Wildman–Crippen MR) is 59.6 cm³/mol. The van der Waals surface area contributed by atoms with E-state index in [9.17, 15) is 14.9 Å². The maximum absolute atomic E-state index is 11.0. The number of nitro groups is 1. The lowest BCUT2D eigenvalue weighted by Gasteiger charge is -2.12. The van der Waals surface area contributed by atoms with Crippen LogP contribution in [0.3, 0.4) is 0 Å². The van der Waals surface area contributed by atoms with Crippen molar-refractivity contribution in [2.75, 3.05) is 6.61 Å². The molecule has 1 unspecified atom stereocenters. The van der Waals surface area contributed by atoms with E-state index in [0.29, 0.717) is 0 Å². The Kier molecular flexibility index (Phi) is 4.36. The largest absolute Gasteiger partial charge is 0.479 e. The average molecular weight is 237 g/mol. The van der Waals surface area contributed by atoms with Crippen molar-refractivity contribution in [3.8, 4) is 0 Å². The number of nitro benzene ring substituents is 1. The molecule has 1 aromatic carbocycles. The van der Waals surface area contributed by atoms with Gasteiger partial charge in [0.1, 0.15) is 0 Å². The molecule has 17 heavy (non-hydrogen) atoms. The van der Waals surface area contributed by atoms with Gasteiger partial charge in [-0.05, 0) is 6.07 Å². The van der Waals surface area contributed by atoms with Gasteiger partial charge in [0.15, 0.2) is 6.10 Å². The molecule has 1 aromatic rings. The molecule has 90 valence electrons. The molecule has 0 saturated carbocycles. The molecule has 0 bridgehead atoms. The second-order valence-corrected chi connectivity index (χ2v) is 3.16. The highest BCUT2D eigenvalue weighted by Gasteiger charge is 2.27. The van der Waals surface area contributed by atoms with Crippen LogP contribution in [0.25, 0.3) is 0 Å². The van der Waals surface area contributed by atoms with Crippen LogP contribution in [0.1, 0.15) is 11.7 Å². The topological polar surface area (TPSA) is 89.7 Å². The molecule has 1 N–H and O–H groups in total. The van der Waals surface area contributed by atoms with E-state index in [1.165, 1.54) is 30.3 Å². The Balaban J connectivity index is 3.13. The Morgan fingerprint density at radius 3 is 2.76 bits per heavy atom. The molecule has 0 spiro atoms. The summed E-state index contributed by atoms with van der Waals surface area (Å²) in [5.74, 6) is -1.28. The third-order valence-corrected chi connectivity index (χ3v) is 2.02. The predicted octanol–water partition coefficient (Wildman–Crippen LogP) is 1.92. The van der Waals surface area contributed by atoms with Crippen LogP contribution in [-0.4, -0.2) is 22.6 Å². The molecule has 0 radical (unpaired) electrons. The van der Waals surface area contributed by atoms with Gasteiger partial charge < -0.3 is 9.84 Å². The number of rotatable bonds is 6. The molecule has 0 aliphatic carbocycles. The summed E-state index contributed by atoms with van der Waals surface area (Å²) in [4.78, 5) is 21.1. The molecule has 6 heteroatoms. The highest BCUT2D eigenvalue weighted by atomic mass is 16.6. The zero-order valence-corrected chi connectivity index (χ0v) is 8.91. The molecule has 0 aliphatic heterocycles. The number of hydrogen-bond acceptors (Lipinski definition) is 4. The number of nitrogens with zero attached hydrogens (tertiary/aromatic N) is 1. The monoisotopic (exact) mass is 237 g/mol. The Bertz CT molecular complexity index is 443. The summed E-state index contributed by atoms with van der Waals surface area (Å²) in [6.45, 7) is 3.39. The van der Waals surface area contributed by atoms with E-state index in [4.69, 9.17) is 9.84 Å². The maximum atomic E-state index is 11.0. The molecule has 6 nitrogen and oxygen atoms in total. The lowest BCUT2D eigenvalue weighted by atomic mass is 10.1. The van der Waals surface area contributed by atoms with Gasteiger partial charge in [0, 0.05) is 6.07 Å². The van der Waals surface area contributed by atoms with Crippen LogP contribution in [0.5, 0.6) is 0 Å². The van der Waals surface area contributed by atoms with E-state index in [0.717, 1.165) is 0 Å². The van der Waals surface area contributed by atoms with E-state index in [1.807, 2.05) is 0 Å². The molecular formula is C11H11NO5. The van der Waals surface area contributed by atoms with E-state index in [2.05, 4.69) is 6.58 Å². The van der Waals surface area contributed by atoms with E-state index < -0.39 is 17.0 Å². The van der Waals surface area contributed by atoms with Crippen LogP contribution < -0.4 is 0 Å². The molecular weight excluding hydrogens is 226 g/mol. The maximum Gasteiger partial charge on any atom is 0.337 e. The normalized spacial score (nSPS) is 11.8. The van der Waals surface area contributed by atoms with Crippen LogP contribution in [0.15, 0.2) is 36.9 Å². The molecule has 0 amide bonds. The summed E-state index contributed by atoms with van der Waals surface area (Å²) in [6, 6.07) is 5.59. The van der Waals surface area contributed by atoms with Gasteiger partial charge in [-0.25, -0.2) is 4.79 Å². The summed E-state index contributed by atoms with van der Waals surface area (Å²) in [5.41, 5.74) is -0.254. The number of carboxylic acids is 1. The quantitative estimate of drug-likeness (QED) is 0.463. The van der Waals surface area contributed by atoms with Crippen molar-refractivity contribution in [2.45, 2.75) is 6.10 Å². The first-order chi connectivity index (χ1) is 8.07. The molecule has 0 aliphatic rings. The summed E-state index contributed by atoms with van der Waals surface area (Å²) in [5, 5.41) is 19.7. The highest BCUT2D eigenvalue weighted by Crippen LogP contribution is 2.27. The lowest BCUT2D eigenvalue weighted by Crippen LogP contribution is -2.16. The van der Waals surface area contributed by atoms with Crippen LogP contribution in [0, 0.1) is 10.1 Å². The lowest BCUT2D eigenvalue weighted by molar-refractivity contribution is -0.386. The number of ether oxygens (including phenoxy) is 1. The minimum absolute atomic E-state index is 0.00299. The Labute approximate surface area is 97.3 Å². The third kappa shape index (κ3) is 3.12. The summed E-state index contributed by atoms with van der Waals surface area (Å²) >= 11 is 0. The van der Waals surface area contributed by atoms with Gasteiger partial charge in [0.05, 0.1) is 17.1 Å². The summed E-state index contributed by atoms with van der Waals surface area (Å²) in [7, 11) is 0.